The van der Waals surface area contributed by atoms with E-state index in [4.69, 9.17) is 0 Å². The Morgan fingerprint density at radius 3 is 0.690 bits per heavy atom. The molecule has 0 unspecified atom stereocenters. The maximum absolute atomic E-state index is 13.9. The molecule has 0 spiro atoms. The van der Waals surface area contributed by atoms with Gasteiger partial charge in [-0.2, -0.15) is 0 Å². The average molecular weight is 919 g/mol. The topological polar surface area (TPSA) is 40.6 Å². The second-order valence-corrected chi connectivity index (χ2v) is 18.4. The van der Waals surface area contributed by atoms with Crippen molar-refractivity contribution in [1.82, 2.24) is 0 Å². The van der Waals surface area contributed by atoms with E-state index in [1.54, 1.807) is 0 Å². The third-order valence-electron chi connectivity index (χ3n) is 13.5. The van der Waals surface area contributed by atoms with Crippen molar-refractivity contribution in [2.75, 3.05) is 9.80 Å². The van der Waals surface area contributed by atoms with Crippen molar-refractivity contribution in [2.24, 2.45) is 0 Å². The molecule has 0 amide bonds. The highest BCUT2D eigenvalue weighted by atomic mass is 16.1. The van der Waals surface area contributed by atoms with Gasteiger partial charge in [0, 0.05) is 56.4 Å². The zero-order valence-electron chi connectivity index (χ0n) is 40.5. The predicted octanol–water partition coefficient (Wildman–Crippen LogP) is 16.7. The molecule has 71 heavy (non-hydrogen) atoms. The van der Waals surface area contributed by atoms with Crippen molar-refractivity contribution in [3.8, 4) is 0 Å². The van der Waals surface area contributed by atoms with Crippen LogP contribution in [0.4, 0.5) is 34.1 Å². The van der Waals surface area contributed by atoms with Gasteiger partial charge in [0.1, 0.15) is 0 Å². The molecule has 0 aromatic heterocycles. The Balaban J connectivity index is 1.18. The molecular weight excluding hydrogens is 865 g/mol. The molecule has 0 atom stereocenters. The van der Waals surface area contributed by atoms with Crippen LogP contribution in [0.3, 0.4) is 0 Å². The van der Waals surface area contributed by atoms with Crippen LogP contribution in [0.25, 0.3) is 0 Å². The number of hydrogen-bond acceptors (Lipinski definition) is 4. The molecule has 0 heterocycles. The number of carbonyl (C=O) groups is 2. The first-order valence-corrected chi connectivity index (χ1v) is 24.1. The van der Waals surface area contributed by atoms with Crippen molar-refractivity contribution < 1.29 is 9.59 Å². The molecule has 10 aromatic rings. The first-order valence-electron chi connectivity index (χ1n) is 24.1. The Morgan fingerprint density at radius 2 is 0.451 bits per heavy atom. The van der Waals surface area contributed by atoms with Crippen LogP contribution in [0.2, 0.25) is 0 Å². The number of carbonyl (C=O) groups excluding carboxylic acids is 2. The van der Waals surface area contributed by atoms with Gasteiger partial charge in [-0.15, -0.1) is 0 Å². The minimum absolute atomic E-state index is 0.0418. The minimum atomic E-state index is -0.934. The fourth-order valence-corrected chi connectivity index (χ4v) is 9.65. The number of nitrogens with zero attached hydrogens (tertiary/aromatic N) is 2. The van der Waals surface area contributed by atoms with E-state index in [2.05, 4.69) is 207 Å². The molecule has 0 fully saturated rings. The SMILES string of the molecule is Cc1ccc(N(c2ccc(C)cc2)c2ccc(C(c3ccc(C(=O)c4ccccc4)cc3)(c3ccc(C(=O)c4ccccc4)cc3)c3ccc(N(c4ccc(C)cc4)c4ccc(C)cc4)cc3)cc2)cc1. The summed E-state index contributed by atoms with van der Waals surface area (Å²) in [5.41, 5.74) is 16.5. The van der Waals surface area contributed by atoms with Crippen molar-refractivity contribution in [3.05, 3.63) is 322 Å². The van der Waals surface area contributed by atoms with Crippen molar-refractivity contribution >= 4 is 45.7 Å². The molecule has 0 aliphatic heterocycles. The van der Waals surface area contributed by atoms with E-state index >= 15 is 0 Å². The fourth-order valence-electron chi connectivity index (χ4n) is 9.65. The molecule has 4 heteroatoms. The van der Waals surface area contributed by atoms with Gasteiger partial charge in [-0.25, -0.2) is 0 Å². The Labute approximate surface area is 417 Å². The summed E-state index contributed by atoms with van der Waals surface area (Å²) in [4.78, 5) is 32.5. The number of benzene rings is 10. The summed E-state index contributed by atoms with van der Waals surface area (Å²) in [5.74, 6) is -0.0836. The predicted molar refractivity (Wildman–Crippen MR) is 293 cm³/mol. The molecule has 0 N–H and O–H groups in total. The van der Waals surface area contributed by atoms with Crippen LogP contribution < -0.4 is 9.80 Å². The van der Waals surface area contributed by atoms with Gasteiger partial charge in [0.2, 0.25) is 0 Å². The highest BCUT2D eigenvalue weighted by molar-refractivity contribution is 6.09. The molecule has 0 aliphatic carbocycles. The number of hydrogen-bond donors (Lipinski definition) is 0. The highest BCUT2D eigenvalue weighted by Crippen LogP contribution is 2.48. The lowest BCUT2D eigenvalue weighted by molar-refractivity contribution is 0.103. The normalized spacial score (nSPS) is 11.2. The van der Waals surface area contributed by atoms with E-state index in [0.29, 0.717) is 22.3 Å². The summed E-state index contributed by atoms with van der Waals surface area (Å²) < 4.78 is 0. The molecule has 0 saturated heterocycles. The van der Waals surface area contributed by atoms with Gasteiger partial charge in [-0.05, 0) is 123 Å². The Bertz CT molecular complexity index is 3080. The number of anilines is 6. The lowest BCUT2D eigenvalue weighted by atomic mass is 9.65. The molecule has 4 nitrogen and oxygen atoms in total. The molecule has 0 bridgehead atoms. The van der Waals surface area contributed by atoms with Crippen LogP contribution in [0.1, 0.15) is 76.4 Å². The molecule has 344 valence electrons. The summed E-state index contributed by atoms with van der Waals surface area (Å²) in [6, 6.07) is 87.3. The second kappa shape index (κ2) is 20.0. The zero-order valence-corrected chi connectivity index (χ0v) is 40.5. The van der Waals surface area contributed by atoms with Crippen LogP contribution in [0, 0.1) is 27.7 Å². The average Bonchev–Trinajstić information content (AvgIpc) is 3.42. The molecular formula is C67H54N2O2. The van der Waals surface area contributed by atoms with Gasteiger partial charge in [-0.1, -0.05) is 204 Å². The monoisotopic (exact) mass is 918 g/mol. The van der Waals surface area contributed by atoms with Crippen LogP contribution in [0.5, 0.6) is 0 Å². The smallest absolute Gasteiger partial charge is 0.193 e. The largest absolute Gasteiger partial charge is 0.311 e. The standard InChI is InChI=1S/C67H54N2O2/c1-47-15-35-59(36-16-47)68(60-37-17-48(2)18-38-60)63-43-31-57(32-44-63)67(55-27-23-53(24-28-55)65(70)51-11-7-5-8-12-51,56-29-25-54(26-30-56)66(71)52-13-9-6-10-14-52)58-33-45-64(46-34-58)69(61-39-19-49(3)20-40-61)62-41-21-50(4)22-42-62/h5-46H,1-4H3. The lowest BCUT2D eigenvalue weighted by Crippen LogP contribution is -2.31. The summed E-state index contributed by atoms with van der Waals surface area (Å²) in [6.45, 7) is 8.44. The molecule has 0 radical (unpaired) electrons. The van der Waals surface area contributed by atoms with E-state index in [1.807, 2.05) is 84.9 Å². The second-order valence-electron chi connectivity index (χ2n) is 18.4. The van der Waals surface area contributed by atoms with Crippen LogP contribution in [-0.2, 0) is 5.41 Å². The van der Waals surface area contributed by atoms with Gasteiger partial charge in [0.05, 0.1) is 5.41 Å². The first kappa shape index (κ1) is 45.9. The Kier molecular flexibility index (Phi) is 12.9. The van der Waals surface area contributed by atoms with Gasteiger partial charge < -0.3 is 9.80 Å². The first-order chi connectivity index (χ1) is 34.6. The molecule has 10 rings (SSSR count). The third kappa shape index (κ3) is 9.36. The van der Waals surface area contributed by atoms with Crippen molar-refractivity contribution in [3.63, 3.8) is 0 Å². The van der Waals surface area contributed by atoms with E-state index in [0.717, 1.165) is 56.4 Å². The quantitative estimate of drug-likeness (QED) is 0.0805. The molecule has 10 aromatic carbocycles. The van der Waals surface area contributed by atoms with Crippen molar-refractivity contribution in [2.45, 2.75) is 33.1 Å². The number of aryl methyl sites for hydroxylation is 4. The summed E-state index contributed by atoms with van der Waals surface area (Å²) in [5, 5.41) is 0. The van der Waals surface area contributed by atoms with E-state index in [1.165, 1.54) is 22.3 Å². The lowest BCUT2D eigenvalue weighted by Gasteiger charge is -2.38. The van der Waals surface area contributed by atoms with Gasteiger partial charge in [-0.3, -0.25) is 9.59 Å². The van der Waals surface area contributed by atoms with E-state index in [9.17, 15) is 9.59 Å². The number of rotatable bonds is 14. The zero-order chi connectivity index (χ0) is 48.9. The number of ketones is 2. The van der Waals surface area contributed by atoms with Crippen LogP contribution >= 0.6 is 0 Å². The minimum Gasteiger partial charge on any atom is -0.311 e. The van der Waals surface area contributed by atoms with Gasteiger partial charge in [0.15, 0.2) is 11.6 Å². The summed E-state index contributed by atoms with van der Waals surface area (Å²) >= 11 is 0. The Morgan fingerprint density at radius 1 is 0.254 bits per heavy atom. The van der Waals surface area contributed by atoms with Crippen LogP contribution in [-0.4, -0.2) is 11.6 Å². The van der Waals surface area contributed by atoms with Gasteiger partial charge >= 0.3 is 0 Å². The maximum Gasteiger partial charge on any atom is 0.193 e. The maximum atomic E-state index is 13.9. The summed E-state index contributed by atoms with van der Waals surface area (Å²) in [7, 11) is 0. The molecule has 0 aliphatic rings. The highest BCUT2D eigenvalue weighted by Gasteiger charge is 2.39. The van der Waals surface area contributed by atoms with Crippen molar-refractivity contribution in [1.29, 1.82) is 0 Å². The van der Waals surface area contributed by atoms with E-state index in [-0.39, 0.29) is 11.6 Å². The van der Waals surface area contributed by atoms with E-state index < -0.39 is 5.41 Å². The van der Waals surface area contributed by atoms with Gasteiger partial charge in [0.25, 0.3) is 0 Å². The molecule has 0 saturated carbocycles. The Hall–Kier alpha value is -8.86. The fraction of sp³-hybridized carbons (Fsp3) is 0.0746. The summed E-state index contributed by atoms with van der Waals surface area (Å²) in [6.07, 6.45) is 0. The van der Waals surface area contributed by atoms with Crippen LogP contribution in [0.15, 0.2) is 255 Å². The third-order valence-corrected chi connectivity index (χ3v) is 13.5.